The van der Waals surface area contributed by atoms with Crippen molar-refractivity contribution < 1.29 is 0 Å². The van der Waals surface area contributed by atoms with Crippen LogP contribution in [0.2, 0.25) is 0 Å². The van der Waals surface area contributed by atoms with Crippen molar-refractivity contribution in [2.24, 2.45) is 5.73 Å². The molecule has 0 amide bonds. The van der Waals surface area contributed by atoms with E-state index in [-0.39, 0.29) is 4.99 Å². The van der Waals surface area contributed by atoms with Crippen molar-refractivity contribution in [1.82, 2.24) is 14.9 Å². The predicted octanol–water partition coefficient (Wildman–Crippen LogP) is 1.01. The Bertz CT molecular complexity index is 417. The van der Waals surface area contributed by atoms with Gasteiger partial charge in [0.1, 0.15) is 10.7 Å². The van der Waals surface area contributed by atoms with Gasteiger partial charge in [0.25, 0.3) is 0 Å². The molecule has 0 radical (unpaired) electrons. The predicted molar refractivity (Wildman–Crippen MR) is 76.7 cm³/mol. The third-order valence-electron chi connectivity index (χ3n) is 3.05. The van der Waals surface area contributed by atoms with Gasteiger partial charge in [0.15, 0.2) is 5.82 Å². The number of anilines is 1. The molecule has 1 aromatic rings. The standard InChI is InChI=1S/C12H19N5S/c1-9(8-17-6-2-3-7-17)16-12-10(11(13)18)14-4-5-15-12/h4-5,9H,2-3,6-8H2,1H3,(H2,13,18)(H,15,16). The monoisotopic (exact) mass is 265 g/mol. The van der Waals surface area contributed by atoms with Gasteiger partial charge in [0.2, 0.25) is 0 Å². The second kappa shape index (κ2) is 6.06. The van der Waals surface area contributed by atoms with E-state index < -0.39 is 0 Å². The van der Waals surface area contributed by atoms with E-state index in [1.54, 1.807) is 12.4 Å². The smallest absolute Gasteiger partial charge is 0.155 e. The van der Waals surface area contributed by atoms with Crippen molar-refractivity contribution >= 4 is 23.0 Å². The third kappa shape index (κ3) is 3.36. The van der Waals surface area contributed by atoms with Gasteiger partial charge in [0.05, 0.1) is 0 Å². The van der Waals surface area contributed by atoms with E-state index in [1.807, 2.05) is 0 Å². The van der Waals surface area contributed by atoms with Crippen LogP contribution in [0.15, 0.2) is 12.4 Å². The van der Waals surface area contributed by atoms with Crippen LogP contribution in [0.25, 0.3) is 0 Å². The molecule has 1 saturated heterocycles. The molecular weight excluding hydrogens is 246 g/mol. The Morgan fingerprint density at radius 2 is 2.11 bits per heavy atom. The maximum Gasteiger partial charge on any atom is 0.155 e. The lowest BCUT2D eigenvalue weighted by Crippen LogP contribution is -2.34. The van der Waals surface area contributed by atoms with Crippen molar-refractivity contribution in [2.75, 3.05) is 25.0 Å². The van der Waals surface area contributed by atoms with Crippen LogP contribution in [0.3, 0.4) is 0 Å². The first-order valence-corrected chi connectivity index (χ1v) is 6.67. The summed E-state index contributed by atoms with van der Waals surface area (Å²) in [5.74, 6) is 0.677. The normalized spacial score (nSPS) is 17.6. The number of nitrogens with one attached hydrogen (secondary N) is 1. The van der Waals surface area contributed by atoms with Crippen molar-refractivity contribution in [3.8, 4) is 0 Å². The molecule has 2 heterocycles. The van der Waals surface area contributed by atoms with Gasteiger partial charge in [-0.15, -0.1) is 0 Å². The quantitative estimate of drug-likeness (QED) is 0.775. The molecule has 1 unspecified atom stereocenters. The zero-order chi connectivity index (χ0) is 13.0. The lowest BCUT2D eigenvalue weighted by Gasteiger charge is -2.22. The zero-order valence-electron chi connectivity index (χ0n) is 10.6. The Morgan fingerprint density at radius 3 is 2.78 bits per heavy atom. The molecule has 3 N–H and O–H groups in total. The number of thiocarbonyl (C=S) groups is 1. The Labute approximate surface area is 113 Å². The van der Waals surface area contributed by atoms with Crippen LogP contribution in [0.4, 0.5) is 5.82 Å². The minimum atomic E-state index is 0.277. The number of hydrogen-bond donors (Lipinski definition) is 2. The fourth-order valence-corrected chi connectivity index (χ4v) is 2.40. The molecule has 0 saturated carbocycles. The Hall–Kier alpha value is -1.27. The SMILES string of the molecule is CC(CN1CCCC1)Nc1nccnc1C(N)=S. The first kappa shape index (κ1) is 13.2. The molecule has 2 rings (SSSR count). The van der Waals surface area contributed by atoms with Gasteiger partial charge in [-0.05, 0) is 32.9 Å². The van der Waals surface area contributed by atoms with E-state index in [4.69, 9.17) is 18.0 Å². The van der Waals surface area contributed by atoms with E-state index in [1.165, 1.54) is 25.9 Å². The lowest BCUT2D eigenvalue weighted by molar-refractivity contribution is 0.327. The van der Waals surface area contributed by atoms with Gasteiger partial charge >= 0.3 is 0 Å². The molecule has 0 bridgehead atoms. The molecule has 1 aliphatic heterocycles. The molecule has 6 heteroatoms. The molecule has 98 valence electrons. The number of rotatable bonds is 5. The highest BCUT2D eigenvalue weighted by molar-refractivity contribution is 7.80. The fraction of sp³-hybridized carbons (Fsp3) is 0.583. The summed E-state index contributed by atoms with van der Waals surface area (Å²) in [7, 11) is 0. The van der Waals surface area contributed by atoms with Gasteiger partial charge < -0.3 is 16.0 Å². The molecule has 1 aromatic heterocycles. The van der Waals surface area contributed by atoms with Crippen molar-refractivity contribution in [2.45, 2.75) is 25.8 Å². The third-order valence-corrected chi connectivity index (χ3v) is 3.24. The molecule has 18 heavy (non-hydrogen) atoms. The average Bonchev–Trinajstić information content (AvgIpc) is 2.82. The highest BCUT2D eigenvalue weighted by Crippen LogP contribution is 2.12. The largest absolute Gasteiger partial charge is 0.388 e. The molecule has 1 aliphatic rings. The molecule has 0 spiro atoms. The average molecular weight is 265 g/mol. The fourth-order valence-electron chi connectivity index (χ4n) is 2.26. The summed E-state index contributed by atoms with van der Waals surface area (Å²) < 4.78 is 0. The topological polar surface area (TPSA) is 67.1 Å². The Balaban J connectivity index is 1.97. The summed E-state index contributed by atoms with van der Waals surface area (Å²) in [5.41, 5.74) is 6.20. The number of hydrogen-bond acceptors (Lipinski definition) is 5. The van der Waals surface area contributed by atoms with E-state index in [9.17, 15) is 0 Å². The highest BCUT2D eigenvalue weighted by Gasteiger charge is 2.16. The minimum absolute atomic E-state index is 0.277. The van der Waals surface area contributed by atoms with Crippen LogP contribution in [0.1, 0.15) is 25.5 Å². The summed E-state index contributed by atoms with van der Waals surface area (Å²) in [6, 6.07) is 0.299. The van der Waals surface area contributed by atoms with E-state index in [0.29, 0.717) is 17.6 Å². The second-order valence-electron chi connectivity index (χ2n) is 4.67. The number of likely N-dealkylation sites (tertiary alicyclic amines) is 1. The van der Waals surface area contributed by atoms with Crippen LogP contribution < -0.4 is 11.1 Å². The maximum atomic E-state index is 5.63. The van der Waals surface area contributed by atoms with Crippen molar-refractivity contribution in [1.29, 1.82) is 0 Å². The molecule has 1 atom stereocenters. The lowest BCUT2D eigenvalue weighted by atomic mass is 10.3. The van der Waals surface area contributed by atoms with Crippen LogP contribution in [-0.4, -0.2) is 45.5 Å². The summed E-state index contributed by atoms with van der Waals surface area (Å²) in [5, 5.41) is 3.34. The number of aromatic nitrogens is 2. The van der Waals surface area contributed by atoms with Crippen LogP contribution in [0, 0.1) is 0 Å². The minimum Gasteiger partial charge on any atom is -0.388 e. The van der Waals surface area contributed by atoms with Crippen LogP contribution >= 0.6 is 12.2 Å². The Morgan fingerprint density at radius 1 is 1.44 bits per heavy atom. The Kier molecular flexibility index (Phi) is 4.43. The molecular formula is C12H19N5S. The molecule has 0 aromatic carbocycles. The molecule has 0 aliphatic carbocycles. The molecule has 1 fully saturated rings. The van der Waals surface area contributed by atoms with E-state index in [0.717, 1.165) is 6.54 Å². The summed E-state index contributed by atoms with van der Waals surface area (Å²) in [4.78, 5) is 11.1. The second-order valence-corrected chi connectivity index (χ2v) is 5.11. The van der Waals surface area contributed by atoms with E-state index in [2.05, 4.69) is 27.1 Å². The number of nitrogens with zero attached hydrogens (tertiary/aromatic N) is 3. The molecule has 5 nitrogen and oxygen atoms in total. The van der Waals surface area contributed by atoms with Gasteiger partial charge in [-0.1, -0.05) is 12.2 Å². The van der Waals surface area contributed by atoms with Gasteiger partial charge in [-0.25, -0.2) is 9.97 Å². The van der Waals surface area contributed by atoms with Crippen LogP contribution in [0.5, 0.6) is 0 Å². The summed E-state index contributed by atoms with van der Waals surface area (Å²) in [6.07, 6.45) is 5.85. The van der Waals surface area contributed by atoms with E-state index >= 15 is 0 Å². The van der Waals surface area contributed by atoms with Crippen molar-refractivity contribution in [3.05, 3.63) is 18.1 Å². The van der Waals surface area contributed by atoms with Crippen molar-refractivity contribution in [3.63, 3.8) is 0 Å². The zero-order valence-corrected chi connectivity index (χ0v) is 11.4. The number of nitrogens with two attached hydrogens (primary N) is 1. The summed E-state index contributed by atoms with van der Waals surface area (Å²) in [6.45, 7) is 5.52. The summed E-state index contributed by atoms with van der Waals surface area (Å²) >= 11 is 4.97. The first-order chi connectivity index (χ1) is 8.66. The van der Waals surface area contributed by atoms with Crippen LogP contribution in [-0.2, 0) is 0 Å². The first-order valence-electron chi connectivity index (χ1n) is 6.26. The van der Waals surface area contributed by atoms with Gasteiger partial charge in [-0.2, -0.15) is 0 Å². The van der Waals surface area contributed by atoms with Gasteiger partial charge in [-0.3, -0.25) is 0 Å². The van der Waals surface area contributed by atoms with Gasteiger partial charge in [0, 0.05) is 25.0 Å². The highest BCUT2D eigenvalue weighted by atomic mass is 32.1. The maximum absolute atomic E-state index is 5.63.